The van der Waals surface area contributed by atoms with Crippen molar-refractivity contribution in [1.29, 1.82) is 0 Å². The summed E-state index contributed by atoms with van der Waals surface area (Å²) in [6, 6.07) is 0. The molecule has 11 heteroatoms. The molecule has 0 unspecified atom stereocenters. The van der Waals surface area contributed by atoms with Gasteiger partial charge in [0.25, 0.3) is 0 Å². The average Bonchev–Trinajstić information content (AvgIpc) is 2.32. The fraction of sp³-hybridized carbons (Fsp3) is 1.00. The fourth-order valence-electron chi connectivity index (χ4n) is 1.68. The number of hydrogen-bond acceptors (Lipinski definition) is 3. The van der Waals surface area contributed by atoms with Gasteiger partial charge in [0.15, 0.2) is 0 Å². The average molecular weight is 338 g/mol. The smallest absolute Gasteiger partial charge is 0.0264 e. The van der Waals surface area contributed by atoms with Gasteiger partial charge in [-0.2, -0.15) is 5.12 Å². The summed E-state index contributed by atoms with van der Waals surface area (Å²) in [6.45, 7) is 16.4. The first-order valence-electron chi connectivity index (χ1n) is 5.85. The molecule has 0 heterocycles. The molecule has 25 heavy (non-hydrogen) atoms. The summed E-state index contributed by atoms with van der Waals surface area (Å²) in [5, 5.41) is 7.08. The molecule has 0 saturated carbocycles. The molecule has 0 aliphatic carbocycles. The first kappa shape index (κ1) is 84.2. The van der Waals surface area contributed by atoms with Crippen LogP contribution in [0.15, 0.2) is 0 Å². The number of hydrogen-bond donors (Lipinski definition) is 0. The Morgan fingerprint density at radius 1 is 0.440 bits per heavy atom. The van der Waals surface area contributed by atoms with E-state index in [1.54, 1.807) is 0 Å². The second kappa shape index (κ2) is 64.4. The van der Waals surface area contributed by atoms with Crippen LogP contribution in [0.25, 0.3) is 0 Å². The Morgan fingerprint density at radius 3 is 0.680 bits per heavy atom. The van der Waals surface area contributed by atoms with Crippen LogP contribution in [-0.4, -0.2) is 114 Å². The summed E-state index contributed by atoms with van der Waals surface area (Å²) in [5.74, 6) is 0. The summed E-state index contributed by atoms with van der Waals surface area (Å²) in [5.41, 5.74) is 0. The molecule has 0 aromatic heterocycles. The molecule has 0 N–H and O–H groups in total. The minimum atomic E-state index is 0. The molecule has 0 saturated heterocycles. The van der Waals surface area contributed by atoms with Crippen molar-refractivity contribution in [1.82, 2.24) is 15.1 Å². The van der Waals surface area contributed by atoms with Gasteiger partial charge in [-0.1, -0.05) is 57.4 Å². The molecule has 22 radical (unpaired) electrons. The predicted molar refractivity (Wildman–Crippen MR) is 131 cm³/mol. The zero-order valence-electron chi connectivity index (χ0n) is 14.5. The summed E-state index contributed by atoms with van der Waals surface area (Å²) >= 11 is 0. The Balaban J connectivity index is -0.0000000136. The molecule has 0 aromatic rings. The molecule has 0 aromatic carbocycles. The Hall–Kier alpha value is 0.399. The van der Waals surface area contributed by atoms with Gasteiger partial charge in [-0.05, 0) is 6.92 Å². The van der Waals surface area contributed by atoms with Crippen molar-refractivity contribution in [3.8, 4) is 0 Å². The van der Waals surface area contributed by atoms with Gasteiger partial charge in [-0.25, -0.2) is 10.0 Å². The summed E-state index contributed by atoms with van der Waals surface area (Å²) < 4.78 is 0. The maximum Gasteiger partial charge on any atom is 0.0264 e. The highest BCUT2D eigenvalue weighted by Gasteiger charge is 2.15. The molecule has 0 fully saturated rings. The van der Waals surface area contributed by atoms with Crippen LogP contribution >= 0.6 is 0 Å². The molecule has 0 amide bonds. The maximum atomic E-state index is 4.00. The van der Waals surface area contributed by atoms with E-state index in [1.165, 1.54) is 0 Å². The van der Waals surface area contributed by atoms with Crippen LogP contribution < -0.4 is 0 Å². The minimum absolute atomic E-state index is 0. The second-order valence-corrected chi connectivity index (χ2v) is 2.97. The van der Waals surface area contributed by atoms with Crippen LogP contribution in [0.2, 0.25) is 0 Å². The van der Waals surface area contributed by atoms with Crippen LogP contribution in [0.4, 0.5) is 0 Å². The predicted octanol–water partition coefficient (Wildman–Crippen LogP) is 1.32. The normalized spacial score (nSPS) is 6.40. The van der Waals surface area contributed by atoms with E-state index in [4.69, 9.17) is 0 Å². The zero-order chi connectivity index (χ0) is 12.3. The molecule has 0 aliphatic rings. The molecule has 0 atom stereocenters. The summed E-state index contributed by atoms with van der Waals surface area (Å²) in [6.07, 6.45) is 0. The lowest BCUT2D eigenvalue weighted by Crippen LogP contribution is -2.52. The van der Waals surface area contributed by atoms with Gasteiger partial charge in [0.1, 0.15) is 0 Å². The van der Waals surface area contributed by atoms with E-state index in [1.807, 2.05) is 0 Å². The van der Waals surface area contributed by atoms with E-state index in [-0.39, 0.29) is 80.2 Å². The van der Waals surface area contributed by atoms with Crippen LogP contribution in [0.1, 0.15) is 64.3 Å². The third kappa shape index (κ3) is 36.2. The van der Waals surface area contributed by atoms with Crippen LogP contribution in [-0.2, 0) is 0 Å². The second-order valence-electron chi connectivity index (χ2n) is 2.97. The Labute approximate surface area is 178 Å². The van der Waals surface area contributed by atoms with E-state index < -0.39 is 0 Å². The Bertz CT molecular complexity index is 121. The highest BCUT2D eigenvalue weighted by Crippen LogP contribution is 2.02. The van der Waals surface area contributed by atoms with Crippen molar-refractivity contribution in [3.05, 3.63) is 0 Å². The van der Waals surface area contributed by atoms with Gasteiger partial charge in [0.2, 0.25) is 0 Å². The zero-order valence-corrected chi connectivity index (χ0v) is 14.5. The molecule has 136 valence electrons. The minimum Gasteiger partial charge on any atom is -0.229 e. The number of rotatable bonds is 7. The summed E-state index contributed by atoms with van der Waals surface area (Å²) in [4.78, 5) is 0. The van der Waals surface area contributed by atoms with E-state index >= 15 is 0 Å². The molecular weight excluding hydrogens is 297 g/mol. The van der Waals surface area contributed by atoms with Crippen molar-refractivity contribution in [3.63, 3.8) is 0 Å². The Kier molecular flexibility index (Phi) is 217. The van der Waals surface area contributed by atoms with Gasteiger partial charge in [0, 0.05) is 98.7 Å². The molecule has 3 nitrogen and oxygen atoms in total. The van der Waals surface area contributed by atoms with Crippen LogP contribution in [0.5, 0.6) is 0 Å². The Morgan fingerprint density at radius 2 is 0.600 bits per heavy atom. The van der Waals surface area contributed by atoms with Gasteiger partial charge < -0.3 is 0 Å². The van der Waals surface area contributed by atoms with Crippen LogP contribution in [0.3, 0.4) is 0 Å². The van der Waals surface area contributed by atoms with Crippen molar-refractivity contribution in [2.75, 3.05) is 32.7 Å². The maximum absolute atomic E-state index is 4.00. The molecule has 0 spiro atoms. The van der Waals surface area contributed by atoms with E-state index in [0.717, 1.165) is 32.7 Å². The van der Waals surface area contributed by atoms with Crippen molar-refractivity contribution < 1.29 is 0 Å². The lowest BCUT2D eigenvalue weighted by Gasteiger charge is -2.40. The van der Waals surface area contributed by atoms with E-state index in [2.05, 4.69) is 65.2 Å². The lowest BCUT2D eigenvalue weighted by atomic mass is 9.81. The topological polar surface area (TPSA) is 9.72 Å². The van der Waals surface area contributed by atoms with E-state index in [0.29, 0.717) is 0 Å². The van der Waals surface area contributed by atoms with Crippen molar-refractivity contribution >= 4 is 66.0 Å². The van der Waals surface area contributed by atoms with E-state index in [9.17, 15) is 0 Å². The first-order chi connectivity index (χ1) is 7.24. The van der Waals surface area contributed by atoms with Gasteiger partial charge in [-0.3, -0.25) is 0 Å². The monoisotopic (exact) mass is 339 g/mol. The highest BCUT2D eigenvalue weighted by atomic mass is 15.9. The molecule has 0 aliphatic heterocycles. The van der Waals surface area contributed by atoms with Crippen molar-refractivity contribution in [2.45, 2.75) is 64.3 Å². The first-order valence-corrected chi connectivity index (χ1v) is 5.85. The van der Waals surface area contributed by atoms with Crippen molar-refractivity contribution in [2.24, 2.45) is 0 Å². The quantitative estimate of drug-likeness (QED) is 0.512. The third-order valence-corrected chi connectivity index (χ3v) is 2.40. The van der Waals surface area contributed by atoms with Gasteiger partial charge in [-0.15, -0.1) is 0 Å². The molecule has 0 bridgehead atoms. The van der Waals surface area contributed by atoms with Crippen LogP contribution in [0, 0.1) is 0 Å². The molecular formula is C14H41B8N3. The SMILES string of the molecule is C.C.C.C.CCN(CC)N(CC)N(CC)CC.[B].[B].[B].[B].[B].[B].[B][B]. The third-order valence-electron chi connectivity index (χ3n) is 2.40. The molecule has 0 rings (SSSR count). The largest absolute Gasteiger partial charge is 0.229 e. The number of nitrogens with zero attached hydrogens (tertiary/aromatic N) is 3. The fourth-order valence-corrected chi connectivity index (χ4v) is 1.68. The van der Waals surface area contributed by atoms with Gasteiger partial charge in [0.05, 0.1) is 0 Å². The number of hydrazine groups is 2. The van der Waals surface area contributed by atoms with Gasteiger partial charge >= 0.3 is 0 Å². The highest BCUT2D eigenvalue weighted by molar-refractivity contribution is 6.75. The lowest BCUT2D eigenvalue weighted by molar-refractivity contribution is -0.174. The standard InChI is InChI=1S/C10H25N3.4CH4.B2.6B/c1-6-11(7-2)13(10-5)12(8-3)9-4;;;;;1-2;;;;;;/h6-10H2,1-5H3;4*1H4;;;;;;;. The summed E-state index contributed by atoms with van der Waals surface area (Å²) in [7, 11) is 8.00.